The number of Topliss-reactive ketones (excluding diaryl/α,β-unsaturated/α-hetero) is 1. The number of ketones is 1. The topological polar surface area (TPSA) is 52.6 Å². The molecule has 4 nitrogen and oxygen atoms in total. The Bertz CT molecular complexity index is 649. The Labute approximate surface area is 136 Å². The summed E-state index contributed by atoms with van der Waals surface area (Å²) in [6.45, 7) is 2.13. The van der Waals surface area contributed by atoms with Crippen molar-refractivity contribution in [1.29, 1.82) is 0 Å². The second-order valence-electron chi connectivity index (χ2n) is 5.02. The quantitative estimate of drug-likeness (QED) is 0.535. The summed E-state index contributed by atoms with van der Waals surface area (Å²) < 4.78 is 10.6. The number of ether oxygens (including phenoxy) is 2. The zero-order valence-electron chi connectivity index (χ0n) is 13.2. The van der Waals surface area contributed by atoms with Gasteiger partial charge < -0.3 is 9.47 Å². The highest BCUT2D eigenvalue weighted by Gasteiger charge is 2.09. The van der Waals surface area contributed by atoms with E-state index in [1.165, 1.54) is 0 Å². The molecule has 0 aromatic heterocycles. The first-order valence-corrected chi connectivity index (χ1v) is 7.71. The second kappa shape index (κ2) is 8.73. The Balaban J connectivity index is 1.91. The molecule has 4 heteroatoms. The molecule has 2 rings (SSSR count). The fourth-order valence-electron chi connectivity index (χ4n) is 2.13. The number of hydrogen-bond acceptors (Lipinski definition) is 4. The van der Waals surface area contributed by atoms with Gasteiger partial charge in [0.1, 0.15) is 11.5 Å². The molecule has 0 heterocycles. The maximum Gasteiger partial charge on any atom is 0.305 e. The molecule has 0 bridgehead atoms. The van der Waals surface area contributed by atoms with Gasteiger partial charge in [0.15, 0.2) is 5.78 Å². The molecular formula is C19H20O4. The van der Waals surface area contributed by atoms with Crippen LogP contribution < -0.4 is 4.74 Å². The molecular weight excluding hydrogens is 292 g/mol. The number of carbonyl (C=O) groups excluding carboxylic acids is 2. The van der Waals surface area contributed by atoms with E-state index in [0.717, 1.165) is 5.75 Å². The molecule has 0 amide bonds. The zero-order valence-corrected chi connectivity index (χ0v) is 13.2. The molecule has 0 radical (unpaired) electrons. The van der Waals surface area contributed by atoms with E-state index in [2.05, 4.69) is 0 Å². The van der Waals surface area contributed by atoms with Crippen LogP contribution >= 0.6 is 0 Å². The van der Waals surface area contributed by atoms with Gasteiger partial charge in [-0.25, -0.2) is 0 Å². The molecule has 0 aliphatic carbocycles. The minimum atomic E-state index is -0.263. The molecule has 0 spiro atoms. The third-order valence-corrected chi connectivity index (χ3v) is 3.22. The van der Waals surface area contributed by atoms with Crippen LogP contribution in [0.3, 0.4) is 0 Å². The van der Waals surface area contributed by atoms with E-state index in [0.29, 0.717) is 30.8 Å². The van der Waals surface area contributed by atoms with Gasteiger partial charge in [0.2, 0.25) is 0 Å². The molecule has 0 aliphatic rings. The molecule has 0 fully saturated rings. The summed E-state index contributed by atoms with van der Waals surface area (Å²) in [5.74, 6) is 1.07. The summed E-state index contributed by atoms with van der Waals surface area (Å²) in [5.41, 5.74) is 0.585. The highest BCUT2D eigenvalue weighted by atomic mass is 16.5. The van der Waals surface area contributed by atoms with Crippen molar-refractivity contribution >= 4 is 11.8 Å². The van der Waals surface area contributed by atoms with Gasteiger partial charge in [-0.05, 0) is 37.6 Å². The standard InChI is InChI=1S/C19H20O4/c1-2-22-19(21)13-7-12-18(20)15-8-6-11-17(14-15)23-16-9-4-3-5-10-16/h3-6,8-11,14H,2,7,12-13H2,1H3. The van der Waals surface area contributed by atoms with Crippen molar-refractivity contribution in [3.05, 3.63) is 60.2 Å². The fourth-order valence-corrected chi connectivity index (χ4v) is 2.13. The van der Waals surface area contributed by atoms with Crippen molar-refractivity contribution in [1.82, 2.24) is 0 Å². The summed E-state index contributed by atoms with van der Waals surface area (Å²) in [6, 6.07) is 16.5. The summed E-state index contributed by atoms with van der Waals surface area (Å²) in [7, 11) is 0. The van der Waals surface area contributed by atoms with Crippen LogP contribution in [0.4, 0.5) is 0 Å². The lowest BCUT2D eigenvalue weighted by molar-refractivity contribution is -0.143. The number of rotatable bonds is 8. The van der Waals surface area contributed by atoms with Crippen LogP contribution in [0.25, 0.3) is 0 Å². The van der Waals surface area contributed by atoms with E-state index in [-0.39, 0.29) is 18.2 Å². The van der Waals surface area contributed by atoms with E-state index >= 15 is 0 Å². The van der Waals surface area contributed by atoms with E-state index in [9.17, 15) is 9.59 Å². The zero-order chi connectivity index (χ0) is 16.5. The van der Waals surface area contributed by atoms with E-state index in [4.69, 9.17) is 9.47 Å². The Morgan fingerprint density at radius 1 is 0.913 bits per heavy atom. The average molecular weight is 312 g/mol. The lowest BCUT2D eigenvalue weighted by atomic mass is 10.1. The van der Waals surface area contributed by atoms with Crippen LogP contribution in [0, 0.1) is 0 Å². The largest absolute Gasteiger partial charge is 0.466 e. The number of esters is 1. The van der Waals surface area contributed by atoms with Gasteiger partial charge in [-0.15, -0.1) is 0 Å². The Kier molecular flexibility index (Phi) is 6.36. The van der Waals surface area contributed by atoms with Crippen molar-refractivity contribution in [2.45, 2.75) is 26.2 Å². The summed E-state index contributed by atoms with van der Waals surface area (Å²) in [4.78, 5) is 23.4. The first kappa shape index (κ1) is 16.7. The van der Waals surface area contributed by atoms with Gasteiger partial charge in [0.25, 0.3) is 0 Å². The van der Waals surface area contributed by atoms with Crippen LogP contribution in [-0.2, 0) is 9.53 Å². The predicted octanol–water partition coefficient (Wildman–Crippen LogP) is 4.40. The minimum absolute atomic E-state index is 0.00666. The number of hydrogen-bond donors (Lipinski definition) is 0. The first-order valence-electron chi connectivity index (χ1n) is 7.71. The van der Waals surface area contributed by atoms with Gasteiger partial charge in [-0.3, -0.25) is 9.59 Å². The molecule has 2 aromatic rings. The Morgan fingerprint density at radius 2 is 1.65 bits per heavy atom. The van der Waals surface area contributed by atoms with Gasteiger partial charge in [0.05, 0.1) is 6.61 Å². The summed E-state index contributed by atoms with van der Waals surface area (Å²) in [6.07, 6.45) is 1.06. The van der Waals surface area contributed by atoms with Crippen molar-refractivity contribution < 1.29 is 19.1 Å². The maximum absolute atomic E-state index is 12.2. The smallest absolute Gasteiger partial charge is 0.305 e. The first-order chi connectivity index (χ1) is 11.2. The Hall–Kier alpha value is -2.62. The van der Waals surface area contributed by atoms with Crippen molar-refractivity contribution in [3.63, 3.8) is 0 Å². The molecule has 120 valence electrons. The fraction of sp³-hybridized carbons (Fsp3) is 0.263. The second-order valence-corrected chi connectivity index (χ2v) is 5.02. The monoisotopic (exact) mass is 312 g/mol. The van der Waals surface area contributed by atoms with Crippen LogP contribution in [0.5, 0.6) is 11.5 Å². The average Bonchev–Trinajstić information content (AvgIpc) is 2.56. The highest BCUT2D eigenvalue weighted by molar-refractivity contribution is 5.96. The predicted molar refractivity (Wildman–Crippen MR) is 87.8 cm³/mol. The van der Waals surface area contributed by atoms with Crippen molar-refractivity contribution in [3.8, 4) is 11.5 Å². The molecule has 0 aliphatic heterocycles. The molecule has 23 heavy (non-hydrogen) atoms. The van der Waals surface area contributed by atoms with Crippen molar-refractivity contribution in [2.75, 3.05) is 6.61 Å². The molecule has 0 unspecified atom stereocenters. The van der Waals surface area contributed by atoms with E-state index in [1.54, 1.807) is 25.1 Å². The molecule has 0 atom stereocenters. The number of benzene rings is 2. The summed E-state index contributed by atoms with van der Waals surface area (Å²) in [5, 5.41) is 0. The third kappa shape index (κ3) is 5.58. The van der Waals surface area contributed by atoms with Gasteiger partial charge in [-0.1, -0.05) is 30.3 Å². The summed E-state index contributed by atoms with van der Waals surface area (Å²) >= 11 is 0. The van der Waals surface area contributed by atoms with Gasteiger partial charge >= 0.3 is 5.97 Å². The third-order valence-electron chi connectivity index (χ3n) is 3.22. The molecule has 2 aromatic carbocycles. The van der Waals surface area contributed by atoms with Crippen LogP contribution in [0.2, 0.25) is 0 Å². The normalized spacial score (nSPS) is 10.1. The lowest BCUT2D eigenvalue weighted by Gasteiger charge is -2.07. The molecule has 0 N–H and O–H groups in total. The van der Waals surface area contributed by atoms with E-state index in [1.807, 2.05) is 36.4 Å². The van der Waals surface area contributed by atoms with Gasteiger partial charge in [0, 0.05) is 18.4 Å². The molecule has 0 saturated heterocycles. The number of carbonyl (C=O) groups is 2. The van der Waals surface area contributed by atoms with Crippen LogP contribution in [0.1, 0.15) is 36.5 Å². The maximum atomic E-state index is 12.2. The highest BCUT2D eigenvalue weighted by Crippen LogP contribution is 2.22. The number of para-hydroxylation sites is 1. The lowest BCUT2D eigenvalue weighted by Crippen LogP contribution is -2.05. The molecule has 0 saturated carbocycles. The van der Waals surface area contributed by atoms with Crippen molar-refractivity contribution in [2.24, 2.45) is 0 Å². The SMILES string of the molecule is CCOC(=O)CCCC(=O)c1cccc(Oc2ccccc2)c1. The van der Waals surface area contributed by atoms with Gasteiger partial charge in [-0.2, -0.15) is 0 Å². The van der Waals surface area contributed by atoms with E-state index < -0.39 is 0 Å². The van der Waals surface area contributed by atoms with Crippen LogP contribution in [-0.4, -0.2) is 18.4 Å². The Morgan fingerprint density at radius 3 is 2.39 bits per heavy atom. The minimum Gasteiger partial charge on any atom is -0.466 e. The van der Waals surface area contributed by atoms with Crippen LogP contribution in [0.15, 0.2) is 54.6 Å².